The van der Waals surface area contributed by atoms with E-state index in [1.54, 1.807) is 24.3 Å². The highest BCUT2D eigenvalue weighted by Gasteiger charge is 2.36. The van der Waals surface area contributed by atoms with E-state index in [0.717, 1.165) is 49.7 Å². The van der Waals surface area contributed by atoms with E-state index in [-0.39, 0.29) is 30.5 Å². The van der Waals surface area contributed by atoms with Crippen LogP contribution in [0.3, 0.4) is 0 Å². The molecule has 0 radical (unpaired) electrons. The third-order valence-corrected chi connectivity index (χ3v) is 5.91. The maximum absolute atomic E-state index is 14.1. The number of ether oxygens (including phenoxy) is 1. The van der Waals surface area contributed by atoms with Gasteiger partial charge in [0.1, 0.15) is 11.6 Å². The van der Waals surface area contributed by atoms with E-state index in [1.807, 2.05) is 12.1 Å². The number of carbonyl (C=O) groups excluding carboxylic acids is 2. The van der Waals surface area contributed by atoms with Crippen LogP contribution in [0.1, 0.15) is 12.2 Å². The molecule has 5 rings (SSSR count). The van der Waals surface area contributed by atoms with Crippen molar-refractivity contribution in [1.29, 1.82) is 0 Å². The molecule has 0 spiro atoms. The molecule has 3 aromatic rings. The van der Waals surface area contributed by atoms with Crippen LogP contribution in [0.4, 0.5) is 15.8 Å². The second-order valence-corrected chi connectivity index (χ2v) is 8.15. The van der Waals surface area contributed by atoms with Crippen molar-refractivity contribution in [2.24, 2.45) is 5.92 Å². The second kappa shape index (κ2) is 8.68. The Hall–Kier alpha value is -3.30. The summed E-state index contributed by atoms with van der Waals surface area (Å²) >= 11 is 0. The minimum Gasteiger partial charge on any atom is -0.379 e. The number of fused-ring (bicyclic) bond motifs is 1. The average Bonchev–Trinajstić information content (AvgIpc) is 3.37. The average molecular weight is 437 g/mol. The van der Waals surface area contributed by atoms with Crippen LogP contribution >= 0.6 is 0 Å². The number of nitrogens with zero attached hydrogens (tertiary/aromatic N) is 3. The molecule has 32 heavy (non-hydrogen) atoms. The lowest BCUT2D eigenvalue weighted by Gasteiger charge is -2.25. The first-order valence-electron chi connectivity index (χ1n) is 10.7. The van der Waals surface area contributed by atoms with E-state index >= 15 is 0 Å². The topological polar surface area (TPSA) is 90.6 Å². The number of hydrogen-bond acceptors (Lipinski definition) is 5. The van der Waals surface area contributed by atoms with Crippen LogP contribution in [0.5, 0.6) is 0 Å². The molecule has 1 aromatic heterocycles. The maximum Gasteiger partial charge on any atom is 0.229 e. The van der Waals surface area contributed by atoms with Gasteiger partial charge in [-0.1, -0.05) is 12.1 Å². The van der Waals surface area contributed by atoms with Crippen molar-refractivity contribution in [3.8, 4) is 0 Å². The lowest BCUT2D eigenvalue weighted by molar-refractivity contribution is -0.122. The molecule has 0 aliphatic carbocycles. The lowest BCUT2D eigenvalue weighted by atomic mass is 10.1. The fraction of sp³-hybridized carbons (Fsp3) is 0.348. The predicted octanol–water partition coefficient (Wildman–Crippen LogP) is 2.53. The Labute approximate surface area is 184 Å². The van der Waals surface area contributed by atoms with Crippen LogP contribution in [0.2, 0.25) is 0 Å². The zero-order valence-electron chi connectivity index (χ0n) is 17.5. The molecule has 0 bridgehead atoms. The van der Waals surface area contributed by atoms with Gasteiger partial charge in [0, 0.05) is 31.7 Å². The van der Waals surface area contributed by atoms with E-state index < -0.39 is 11.7 Å². The summed E-state index contributed by atoms with van der Waals surface area (Å²) in [6, 6.07) is 11.6. The number of aromatic nitrogens is 2. The maximum atomic E-state index is 14.1. The summed E-state index contributed by atoms with van der Waals surface area (Å²) in [6.07, 6.45) is 0.0518. The number of nitrogens with one attached hydrogen (secondary N) is 2. The van der Waals surface area contributed by atoms with Gasteiger partial charge in [0.2, 0.25) is 11.8 Å². The van der Waals surface area contributed by atoms with Gasteiger partial charge in [-0.25, -0.2) is 9.37 Å². The van der Waals surface area contributed by atoms with Gasteiger partial charge < -0.3 is 19.9 Å². The SMILES string of the molecule is O=C(Nc1ccc2nc(CN3CCOCC3)[nH]c2c1)C1CC(=O)N(c2ccccc2F)C1. The summed E-state index contributed by atoms with van der Waals surface area (Å²) in [6.45, 7) is 4.09. The third kappa shape index (κ3) is 4.21. The molecular weight excluding hydrogens is 413 g/mol. The number of anilines is 2. The number of rotatable bonds is 5. The van der Waals surface area contributed by atoms with Crippen LogP contribution in [0, 0.1) is 11.7 Å². The smallest absolute Gasteiger partial charge is 0.229 e. The molecule has 2 saturated heterocycles. The molecule has 2 aliphatic heterocycles. The highest BCUT2D eigenvalue weighted by molar-refractivity contribution is 6.04. The van der Waals surface area contributed by atoms with Gasteiger partial charge in [0.25, 0.3) is 0 Å². The highest BCUT2D eigenvalue weighted by atomic mass is 19.1. The molecule has 0 saturated carbocycles. The summed E-state index contributed by atoms with van der Waals surface area (Å²) in [5.41, 5.74) is 2.50. The molecular formula is C23H24FN5O3. The van der Waals surface area contributed by atoms with Gasteiger partial charge in [0.15, 0.2) is 0 Å². The fourth-order valence-electron chi connectivity index (χ4n) is 4.22. The van der Waals surface area contributed by atoms with E-state index in [2.05, 4.69) is 20.2 Å². The number of amides is 2. The zero-order valence-corrected chi connectivity index (χ0v) is 17.5. The number of hydrogen-bond donors (Lipinski definition) is 2. The molecule has 9 heteroatoms. The molecule has 2 aromatic carbocycles. The summed E-state index contributed by atoms with van der Waals surface area (Å²) in [5, 5.41) is 2.89. The van der Waals surface area contributed by atoms with Crippen LogP contribution < -0.4 is 10.2 Å². The van der Waals surface area contributed by atoms with Crippen molar-refractivity contribution >= 4 is 34.2 Å². The summed E-state index contributed by atoms with van der Waals surface area (Å²) in [7, 11) is 0. The lowest BCUT2D eigenvalue weighted by Crippen LogP contribution is -2.35. The van der Waals surface area contributed by atoms with Crippen LogP contribution in [0.25, 0.3) is 11.0 Å². The number of carbonyl (C=O) groups is 2. The largest absolute Gasteiger partial charge is 0.379 e. The predicted molar refractivity (Wildman–Crippen MR) is 118 cm³/mol. The summed E-state index contributed by atoms with van der Waals surface area (Å²) in [4.78, 5) is 36.8. The van der Waals surface area contributed by atoms with Gasteiger partial charge in [0.05, 0.1) is 42.4 Å². The van der Waals surface area contributed by atoms with Gasteiger partial charge in [-0.15, -0.1) is 0 Å². The number of aromatic amines is 1. The molecule has 2 fully saturated rings. The Morgan fingerprint density at radius 3 is 2.84 bits per heavy atom. The van der Waals surface area contributed by atoms with E-state index in [9.17, 15) is 14.0 Å². The zero-order chi connectivity index (χ0) is 22.1. The number of para-hydroxylation sites is 1. The van der Waals surface area contributed by atoms with Gasteiger partial charge in [-0.2, -0.15) is 0 Å². The molecule has 166 valence electrons. The van der Waals surface area contributed by atoms with Crippen LogP contribution in [-0.2, 0) is 20.9 Å². The van der Waals surface area contributed by atoms with Crippen molar-refractivity contribution in [1.82, 2.24) is 14.9 Å². The third-order valence-electron chi connectivity index (χ3n) is 5.91. The molecule has 2 aliphatic rings. The Bertz CT molecular complexity index is 1160. The summed E-state index contributed by atoms with van der Waals surface area (Å²) < 4.78 is 19.5. The standard InChI is InChI=1S/C23H24FN5O3/c24-17-3-1-2-4-20(17)29-13-15(11-22(29)30)23(31)25-16-5-6-18-19(12-16)27-21(26-18)14-28-7-9-32-10-8-28/h1-6,12,15H,7-11,13-14H2,(H,25,31)(H,26,27). The Morgan fingerprint density at radius 1 is 1.22 bits per heavy atom. The van der Waals surface area contributed by atoms with Crippen LogP contribution in [0.15, 0.2) is 42.5 Å². The van der Waals surface area contributed by atoms with Crippen molar-refractivity contribution in [2.75, 3.05) is 43.1 Å². The monoisotopic (exact) mass is 437 g/mol. The molecule has 8 nitrogen and oxygen atoms in total. The minimum absolute atomic E-state index is 0.0518. The number of benzene rings is 2. The van der Waals surface area contributed by atoms with Crippen LogP contribution in [-0.4, -0.2) is 59.5 Å². The Balaban J connectivity index is 1.25. The first-order chi connectivity index (χ1) is 15.6. The Morgan fingerprint density at radius 2 is 2.03 bits per heavy atom. The van der Waals surface area contributed by atoms with Gasteiger partial charge in [-0.05, 0) is 30.3 Å². The van der Waals surface area contributed by atoms with E-state index in [4.69, 9.17) is 4.74 Å². The van der Waals surface area contributed by atoms with E-state index in [0.29, 0.717) is 5.69 Å². The van der Waals surface area contributed by atoms with Crippen molar-refractivity contribution < 1.29 is 18.7 Å². The fourth-order valence-corrected chi connectivity index (χ4v) is 4.22. The summed E-state index contributed by atoms with van der Waals surface area (Å²) in [5.74, 6) is -0.667. The van der Waals surface area contributed by atoms with E-state index in [1.165, 1.54) is 11.0 Å². The molecule has 1 atom stereocenters. The van der Waals surface area contributed by atoms with Crippen molar-refractivity contribution in [2.45, 2.75) is 13.0 Å². The van der Waals surface area contributed by atoms with Gasteiger partial charge >= 0.3 is 0 Å². The first-order valence-corrected chi connectivity index (χ1v) is 10.7. The number of morpholine rings is 1. The van der Waals surface area contributed by atoms with Gasteiger partial charge in [-0.3, -0.25) is 14.5 Å². The van der Waals surface area contributed by atoms with Crippen molar-refractivity contribution in [3.05, 3.63) is 54.1 Å². The first kappa shape index (κ1) is 20.6. The molecule has 2 N–H and O–H groups in total. The minimum atomic E-state index is -0.545. The normalized spacial score (nSPS) is 19.6. The second-order valence-electron chi connectivity index (χ2n) is 8.15. The molecule has 1 unspecified atom stereocenters. The molecule has 3 heterocycles. The molecule has 2 amide bonds. The number of halogens is 1. The highest BCUT2D eigenvalue weighted by Crippen LogP contribution is 2.28. The number of H-pyrrole nitrogens is 1. The van der Waals surface area contributed by atoms with Crippen molar-refractivity contribution in [3.63, 3.8) is 0 Å². The Kier molecular flexibility index (Phi) is 5.59. The number of imidazole rings is 1. The quantitative estimate of drug-likeness (QED) is 0.640.